The van der Waals surface area contributed by atoms with Crippen molar-refractivity contribution in [3.8, 4) is 0 Å². The van der Waals surface area contributed by atoms with Crippen molar-refractivity contribution in [1.82, 2.24) is 0 Å². The highest BCUT2D eigenvalue weighted by Crippen LogP contribution is 2.74. The Hall–Kier alpha value is -2.11. The van der Waals surface area contributed by atoms with Gasteiger partial charge in [0.15, 0.2) is 0 Å². The van der Waals surface area contributed by atoms with E-state index >= 15 is 0 Å². The molecule has 6 heteroatoms. The molecule has 3 fully saturated rings. The predicted octanol–water partition coefficient (Wildman–Crippen LogP) is 7.27. The number of carbonyl (C=O) groups excluding carboxylic acids is 2. The van der Waals surface area contributed by atoms with Gasteiger partial charge in [-0.15, -0.1) is 0 Å². The first-order chi connectivity index (χ1) is 18.3. The highest BCUT2D eigenvalue weighted by molar-refractivity contribution is 5.77. The third-order valence-corrected chi connectivity index (χ3v) is 13.4. The zero-order chi connectivity index (χ0) is 29.7. The standard InChI is InChI=1S/C34H50O6/c1-20(35)39-26-13-14-31(6)24(29(26,3)4)12-15-34(9)25(31)11-10-22-23-18-32(7,28(37)38)27(40-21(2)36)19-30(23,5)16-17-33(22,34)8/h10-11,24-27H,12-19H2,1-9H3,(H,37,38). The molecule has 0 aliphatic heterocycles. The van der Waals surface area contributed by atoms with Crippen LogP contribution in [0.15, 0.2) is 23.3 Å². The van der Waals surface area contributed by atoms with Crippen molar-refractivity contribution in [2.75, 3.05) is 0 Å². The third-order valence-electron chi connectivity index (χ3n) is 13.4. The van der Waals surface area contributed by atoms with Crippen molar-refractivity contribution in [1.29, 1.82) is 0 Å². The average Bonchev–Trinajstić information content (AvgIpc) is 2.82. The van der Waals surface area contributed by atoms with E-state index in [1.165, 1.54) is 25.0 Å². The first-order valence-corrected chi connectivity index (χ1v) is 15.4. The van der Waals surface area contributed by atoms with Crippen LogP contribution in [0.3, 0.4) is 0 Å². The summed E-state index contributed by atoms with van der Waals surface area (Å²) in [5, 5.41) is 10.4. The summed E-state index contributed by atoms with van der Waals surface area (Å²) in [5.41, 5.74) is 1.21. The van der Waals surface area contributed by atoms with E-state index in [1.807, 2.05) is 0 Å². The summed E-state index contributed by atoms with van der Waals surface area (Å²) in [6.07, 6.45) is 11.2. The maximum Gasteiger partial charge on any atom is 0.313 e. The molecule has 0 radical (unpaired) electrons. The second kappa shape index (κ2) is 8.94. The monoisotopic (exact) mass is 554 g/mol. The van der Waals surface area contributed by atoms with Gasteiger partial charge in [0.05, 0.1) is 0 Å². The number of carboxylic acid groups (broad SMARTS) is 1. The Labute approximate surface area is 240 Å². The Morgan fingerprint density at radius 1 is 0.850 bits per heavy atom. The van der Waals surface area contributed by atoms with Crippen LogP contribution in [-0.2, 0) is 23.9 Å². The van der Waals surface area contributed by atoms with Crippen LogP contribution in [0.2, 0.25) is 0 Å². The van der Waals surface area contributed by atoms with Gasteiger partial charge in [-0.05, 0) is 97.4 Å². The number of esters is 2. The van der Waals surface area contributed by atoms with Crippen molar-refractivity contribution >= 4 is 17.9 Å². The quantitative estimate of drug-likeness (QED) is 0.369. The van der Waals surface area contributed by atoms with Crippen LogP contribution >= 0.6 is 0 Å². The molecule has 0 bridgehead atoms. The van der Waals surface area contributed by atoms with Crippen molar-refractivity contribution < 1.29 is 29.0 Å². The van der Waals surface area contributed by atoms with Crippen LogP contribution in [0.25, 0.3) is 0 Å². The molecular formula is C34H50O6. The summed E-state index contributed by atoms with van der Waals surface area (Å²) in [5.74, 6) is -0.669. The summed E-state index contributed by atoms with van der Waals surface area (Å²) in [6.45, 7) is 18.9. The van der Waals surface area contributed by atoms with Crippen LogP contribution in [-0.4, -0.2) is 35.2 Å². The topological polar surface area (TPSA) is 89.9 Å². The predicted molar refractivity (Wildman–Crippen MR) is 153 cm³/mol. The average molecular weight is 555 g/mol. The molecule has 0 aromatic heterocycles. The Balaban J connectivity index is 1.59. The molecule has 222 valence electrons. The Kier molecular flexibility index (Phi) is 6.57. The van der Waals surface area contributed by atoms with Crippen LogP contribution in [0, 0.1) is 44.3 Å². The Morgan fingerprint density at radius 3 is 2.08 bits per heavy atom. The number of ether oxygens (including phenoxy) is 2. The van der Waals surface area contributed by atoms with E-state index in [-0.39, 0.29) is 39.1 Å². The molecule has 0 spiro atoms. The molecule has 40 heavy (non-hydrogen) atoms. The van der Waals surface area contributed by atoms with Gasteiger partial charge in [0.2, 0.25) is 0 Å². The van der Waals surface area contributed by atoms with Crippen molar-refractivity contribution in [2.45, 2.75) is 126 Å². The molecule has 3 saturated carbocycles. The zero-order valence-electron chi connectivity index (χ0n) is 26.1. The number of rotatable bonds is 3. The smallest absolute Gasteiger partial charge is 0.313 e. The van der Waals surface area contributed by atoms with Gasteiger partial charge in [-0.25, -0.2) is 0 Å². The number of hydrogen-bond acceptors (Lipinski definition) is 5. The minimum Gasteiger partial charge on any atom is -0.481 e. The van der Waals surface area contributed by atoms with Gasteiger partial charge >= 0.3 is 17.9 Å². The van der Waals surface area contributed by atoms with Gasteiger partial charge in [-0.3, -0.25) is 14.4 Å². The summed E-state index contributed by atoms with van der Waals surface area (Å²) < 4.78 is 11.5. The second-order valence-electron chi connectivity index (χ2n) is 15.8. The van der Waals surface area contributed by atoms with Crippen LogP contribution in [0.1, 0.15) is 114 Å². The molecule has 0 amide bonds. The zero-order valence-corrected chi connectivity index (χ0v) is 26.1. The van der Waals surface area contributed by atoms with E-state index in [2.05, 4.69) is 53.7 Å². The minimum atomic E-state index is -1.15. The molecule has 5 rings (SSSR count). The number of carbonyl (C=O) groups is 3. The highest BCUT2D eigenvalue weighted by atomic mass is 16.5. The van der Waals surface area contributed by atoms with Crippen LogP contribution in [0.4, 0.5) is 0 Å². The number of allylic oxidation sites excluding steroid dienone is 4. The van der Waals surface area contributed by atoms with E-state index in [0.717, 1.165) is 38.5 Å². The molecule has 9 atom stereocenters. The first-order valence-electron chi connectivity index (χ1n) is 15.4. The molecule has 6 nitrogen and oxygen atoms in total. The van der Waals surface area contributed by atoms with Gasteiger partial charge in [0, 0.05) is 19.3 Å². The maximum absolute atomic E-state index is 12.7. The van der Waals surface area contributed by atoms with Crippen LogP contribution < -0.4 is 0 Å². The van der Waals surface area contributed by atoms with Crippen molar-refractivity contribution in [3.05, 3.63) is 23.3 Å². The lowest BCUT2D eigenvalue weighted by molar-refractivity contribution is -0.198. The van der Waals surface area contributed by atoms with Crippen molar-refractivity contribution in [3.63, 3.8) is 0 Å². The molecule has 0 saturated heterocycles. The van der Waals surface area contributed by atoms with Gasteiger partial charge in [0.25, 0.3) is 0 Å². The van der Waals surface area contributed by atoms with E-state index in [0.29, 0.717) is 24.7 Å². The van der Waals surface area contributed by atoms with E-state index < -0.39 is 23.5 Å². The lowest BCUT2D eigenvalue weighted by Gasteiger charge is -2.69. The lowest BCUT2D eigenvalue weighted by Crippen LogP contribution is -2.63. The van der Waals surface area contributed by atoms with Crippen LogP contribution in [0.5, 0.6) is 0 Å². The van der Waals surface area contributed by atoms with Gasteiger partial charge in [-0.2, -0.15) is 0 Å². The summed E-state index contributed by atoms with van der Waals surface area (Å²) in [4.78, 5) is 36.6. The van der Waals surface area contributed by atoms with E-state index in [9.17, 15) is 19.5 Å². The van der Waals surface area contributed by atoms with Gasteiger partial charge in [0.1, 0.15) is 17.6 Å². The second-order valence-corrected chi connectivity index (χ2v) is 15.8. The number of fused-ring (bicyclic) bond motifs is 6. The molecule has 1 N–H and O–H groups in total. The molecule has 5 aliphatic carbocycles. The molecule has 9 unspecified atom stereocenters. The Bertz CT molecular complexity index is 1200. The largest absolute Gasteiger partial charge is 0.481 e. The molecule has 5 aliphatic rings. The fourth-order valence-electron chi connectivity index (χ4n) is 10.7. The fraction of sp³-hybridized carbons (Fsp3) is 0.794. The van der Waals surface area contributed by atoms with E-state index in [4.69, 9.17) is 9.47 Å². The molecule has 0 aromatic carbocycles. The molecule has 0 heterocycles. The first kappa shape index (κ1) is 29.4. The van der Waals surface area contributed by atoms with Gasteiger partial charge in [-0.1, -0.05) is 59.3 Å². The Morgan fingerprint density at radius 2 is 1.48 bits per heavy atom. The van der Waals surface area contributed by atoms with E-state index in [1.54, 1.807) is 6.92 Å². The number of carboxylic acids is 1. The third kappa shape index (κ3) is 3.82. The normalized spacial score (nSPS) is 47.2. The minimum absolute atomic E-state index is 0.0351. The SMILES string of the molecule is CC(=O)OC1CC2(C)CCC3(C)C(=C2CC1(C)C(=O)O)C=CC1C2(C)CCC(OC(C)=O)C(C)(C)C2CCC13C. The lowest BCUT2D eigenvalue weighted by atomic mass is 9.35. The van der Waals surface area contributed by atoms with Gasteiger partial charge < -0.3 is 14.6 Å². The summed E-state index contributed by atoms with van der Waals surface area (Å²) in [6, 6.07) is 0. The maximum atomic E-state index is 12.7. The fourth-order valence-corrected chi connectivity index (χ4v) is 10.7. The van der Waals surface area contributed by atoms with Crippen molar-refractivity contribution in [2.24, 2.45) is 44.3 Å². The summed E-state index contributed by atoms with van der Waals surface area (Å²) >= 11 is 0. The molecule has 0 aromatic rings. The summed E-state index contributed by atoms with van der Waals surface area (Å²) in [7, 11) is 0. The number of hydrogen-bond donors (Lipinski definition) is 1. The number of aliphatic carboxylic acids is 1. The molecular weight excluding hydrogens is 504 g/mol. The highest BCUT2D eigenvalue weighted by Gasteiger charge is 2.67.